The van der Waals surface area contributed by atoms with E-state index >= 15 is 0 Å². The Morgan fingerprint density at radius 3 is 2.62 bits per heavy atom. The van der Waals surface area contributed by atoms with Gasteiger partial charge < -0.3 is 15.3 Å². The maximum Gasteiger partial charge on any atom is 0.309 e. The Balaban J connectivity index is 2.45. The Bertz CT molecular complexity index is 367. The van der Waals surface area contributed by atoms with E-state index in [1.54, 1.807) is 13.8 Å². The van der Waals surface area contributed by atoms with E-state index < -0.39 is 11.4 Å². The number of hydrogen-bond donors (Lipinski definition) is 2. The number of likely N-dealkylation sites (tertiary alicyclic amines) is 1. The molecule has 0 bridgehead atoms. The summed E-state index contributed by atoms with van der Waals surface area (Å²) < 4.78 is 0. The van der Waals surface area contributed by atoms with Crippen LogP contribution in [0.15, 0.2) is 0 Å². The molecular formula is C16H30N2O3. The minimum absolute atomic E-state index is 0.0430. The van der Waals surface area contributed by atoms with Gasteiger partial charge in [0.25, 0.3) is 0 Å². The van der Waals surface area contributed by atoms with Crippen molar-refractivity contribution in [3.8, 4) is 0 Å². The molecule has 1 aliphatic rings. The van der Waals surface area contributed by atoms with Gasteiger partial charge in [0, 0.05) is 25.6 Å². The van der Waals surface area contributed by atoms with Gasteiger partial charge in [0.15, 0.2) is 0 Å². The molecule has 1 amide bonds. The summed E-state index contributed by atoms with van der Waals surface area (Å²) in [4.78, 5) is 25.5. The minimum Gasteiger partial charge on any atom is -0.481 e. The van der Waals surface area contributed by atoms with Gasteiger partial charge in [-0.1, -0.05) is 13.8 Å². The molecule has 1 atom stereocenters. The Morgan fingerprint density at radius 2 is 2.05 bits per heavy atom. The van der Waals surface area contributed by atoms with Gasteiger partial charge in [-0.2, -0.15) is 0 Å². The lowest BCUT2D eigenvalue weighted by atomic mass is 9.74. The van der Waals surface area contributed by atoms with Gasteiger partial charge in [-0.25, -0.2) is 0 Å². The van der Waals surface area contributed by atoms with Crippen molar-refractivity contribution in [2.75, 3.05) is 19.6 Å². The Hall–Kier alpha value is -1.10. The predicted molar refractivity (Wildman–Crippen MR) is 83.1 cm³/mol. The van der Waals surface area contributed by atoms with Gasteiger partial charge >= 0.3 is 5.97 Å². The quantitative estimate of drug-likeness (QED) is 0.706. The molecule has 0 aliphatic carbocycles. The van der Waals surface area contributed by atoms with Crippen LogP contribution < -0.4 is 5.32 Å². The SMILES string of the molecule is CC(C)NCCCC(=O)N1CCCC(C(C)(C)C(=O)O)C1. The third-order valence-electron chi connectivity index (χ3n) is 4.47. The average molecular weight is 298 g/mol. The van der Waals surface area contributed by atoms with Crippen molar-refractivity contribution >= 4 is 11.9 Å². The summed E-state index contributed by atoms with van der Waals surface area (Å²) >= 11 is 0. The van der Waals surface area contributed by atoms with E-state index in [0.29, 0.717) is 19.0 Å². The summed E-state index contributed by atoms with van der Waals surface area (Å²) in [6.07, 6.45) is 3.16. The number of carboxylic acid groups (broad SMARTS) is 1. The summed E-state index contributed by atoms with van der Waals surface area (Å²) in [6.45, 7) is 9.90. The molecule has 1 rings (SSSR count). The molecule has 1 unspecified atom stereocenters. The van der Waals surface area contributed by atoms with E-state index in [4.69, 9.17) is 0 Å². The van der Waals surface area contributed by atoms with Crippen LogP contribution in [0.5, 0.6) is 0 Å². The van der Waals surface area contributed by atoms with Crippen LogP contribution in [0.4, 0.5) is 0 Å². The highest BCUT2D eigenvalue weighted by Gasteiger charge is 2.39. The zero-order valence-corrected chi connectivity index (χ0v) is 13.8. The first-order valence-corrected chi connectivity index (χ1v) is 7.99. The van der Waals surface area contributed by atoms with E-state index in [2.05, 4.69) is 19.2 Å². The molecule has 0 spiro atoms. The predicted octanol–water partition coefficient (Wildman–Crippen LogP) is 2.11. The molecule has 0 aromatic carbocycles. The highest BCUT2D eigenvalue weighted by Crippen LogP contribution is 2.34. The first-order chi connectivity index (χ1) is 9.75. The normalized spacial score (nSPS) is 19.9. The second-order valence-corrected chi connectivity index (χ2v) is 6.92. The molecule has 5 heteroatoms. The van der Waals surface area contributed by atoms with E-state index in [0.717, 1.165) is 32.4 Å². The molecule has 0 aromatic heterocycles. The summed E-state index contributed by atoms with van der Waals surface area (Å²) in [5.74, 6) is -0.573. The zero-order chi connectivity index (χ0) is 16.0. The Labute approximate surface area is 128 Å². The summed E-state index contributed by atoms with van der Waals surface area (Å²) in [7, 11) is 0. The minimum atomic E-state index is -0.775. The number of nitrogens with one attached hydrogen (secondary N) is 1. The number of piperidine rings is 1. The fraction of sp³-hybridized carbons (Fsp3) is 0.875. The number of carboxylic acids is 1. The van der Waals surface area contributed by atoms with Gasteiger partial charge in [-0.05, 0) is 45.6 Å². The average Bonchev–Trinajstić information content (AvgIpc) is 2.43. The monoisotopic (exact) mass is 298 g/mol. The van der Waals surface area contributed by atoms with Gasteiger partial charge in [-0.15, -0.1) is 0 Å². The fourth-order valence-corrected chi connectivity index (χ4v) is 2.76. The fourth-order valence-electron chi connectivity index (χ4n) is 2.76. The lowest BCUT2D eigenvalue weighted by molar-refractivity contribution is -0.153. The van der Waals surface area contributed by atoms with Crippen LogP contribution in [0.3, 0.4) is 0 Å². The van der Waals surface area contributed by atoms with E-state index in [1.807, 2.05) is 4.90 Å². The molecule has 1 heterocycles. The van der Waals surface area contributed by atoms with Crippen LogP contribution in [0.25, 0.3) is 0 Å². The molecule has 0 saturated carbocycles. The molecule has 5 nitrogen and oxygen atoms in total. The molecule has 122 valence electrons. The van der Waals surface area contributed by atoms with Crippen molar-refractivity contribution in [3.63, 3.8) is 0 Å². The standard InChI is InChI=1S/C16H30N2O3/c1-12(2)17-9-5-8-14(19)18-10-6-7-13(11-18)16(3,4)15(20)21/h12-13,17H,5-11H2,1-4H3,(H,20,21). The second-order valence-electron chi connectivity index (χ2n) is 6.92. The van der Waals surface area contributed by atoms with Crippen molar-refractivity contribution in [2.24, 2.45) is 11.3 Å². The number of nitrogens with zero attached hydrogens (tertiary/aromatic N) is 1. The van der Waals surface area contributed by atoms with E-state index in [-0.39, 0.29) is 11.8 Å². The van der Waals surface area contributed by atoms with Crippen LogP contribution in [-0.4, -0.2) is 47.6 Å². The molecule has 1 saturated heterocycles. The van der Waals surface area contributed by atoms with Crippen LogP contribution in [0.1, 0.15) is 53.4 Å². The Morgan fingerprint density at radius 1 is 1.38 bits per heavy atom. The maximum absolute atomic E-state index is 12.2. The van der Waals surface area contributed by atoms with Gasteiger partial charge in [0.05, 0.1) is 5.41 Å². The van der Waals surface area contributed by atoms with Crippen molar-refractivity contribution in [1.29, 1.82) is 0 Å². The number of hydrogen-bond acceptors (Lipinski definition) is 3. The van der Waals surface area contributed by atoms with Crippen LogP contribution in [-0.2, 0) is 9.59 Å². The molecule has 0 radical (unpaired) electrons. The van der Waals surface area contributed by atoms with Crippen molar-refractivity contribution in [2.45, 2.75) is 59.4 Å². The number of rotatable bonds is 7. The maximum atomic E-state index is 12.2. The molecule has 1 aliphatic heterocycles. The molecule has 2 N–H and O–H groups in total. The van der Waals surface area contributed by atoms with Gasteiger partial charge in [-0.3, -0.25) is 9.59 Å². The second kappa shape index (κ2) is 7.78. The Kier molecular flexibility index (Phi) is 6.65. The smallest absolute Gasteiger partial charge is 0.309 e. The highest BCUT2D eigenvalue weighted by molar-refractivity contribution is 5.77. The molecule has 21 heavy (non-hydrogen) atoms. The highest BCUT2D eigenvalue weighted by atomic mass is 16.4. The van der Waals surface area contributed by atoms with Crippen molar-refractivity contribution in [1.82, 2.24) is 10.2 Å². The molecule has 1 fully saturated rings. The molecule has 0 aromatic rings. The lowest BCUT2D eigenvalue weighted by Crippen LogP contribution is -2.46. The van der Waals surface area contributed by atoms with Gasteiger partial charge in [0.2, 0.25) is 5.91 Å². The number of aliphatic carboxylic acids is 1. The van der Waals surface area contributed by atoms with E-state index in [9.17, 15) is 14.7 Å². The van der Waals surface area contributed by atoms with Crippen LogP contribution in [0, 0.1) is 11.3 Å². The third kappa shape index (κ3) is 5.30. The van der Waals surface area contributed by atoms with Gasteiger partial charge in [0.1, 0.15) is 0 Å². The summed E-state index contributed by atoms with van der Waals surface area (Å²) in [5, 5.41) is 12.6. The van der Waals surface area contributed by atoms with E-state index in [1.165, 1.54) is 0 Å². The largest absolute Gasteiger partial charge is 0.481 e. The van der Waals surface area contributed by atoms with Crippen LogP contribution in [0.2, 0.25) is 0 Å². The summed E-state index contributed by atoms with van der Waals surface area (Å²) in [5.41, 5.74) is -0.766. The van der Waals surface area contributed by atoms with Crippen molar-refractivity contribution < 1.29 is 14.7 Å². The number of carbonyl (C=O) groups excluding carboxylic acids is 1. The molecular weight excluding hydrogens is 268 g/mol. The van der Waals surface area contributed by atoms with Crippen molar-refractivity contribution in [3.05, 3.63) is 0 Å². The zero-order valence-electron chi connectivity index (χ0n) is 13.8. The topological polar surface area (TPSA) is 69.6 Å². The third-order valence-corrected chi connectivity index (χ3v) is 4.47. The first kappa shape index (κ1) is 18.0. The summed E-state index contributed by atoms with van der Waals surface area (Å²) in [6, 6.07) is 0.441. The van der Waals surface area contributed by atoms with Crippen LogP contribution >= 0.6 is 0 Å². The number of carbonyl (C=O) groups is 2. The number of amides is 1. The lowest BCUT2D eigenvalue weighted by Gasteiger charge is -2.39. The first-order valence-electron chi connectivity index (χ1n) is 7.99.